The topological polar surface area (TPSA) is 46.2 Å². The van der Waals surface area contributed by atoms with Gasteiger partial charge in [0.1, 0.15) is 5.75 Å². The zero-order chi connectivity index (χ0) is 8.72. The third-order valence-corrected chi connectivity index (χ3v) is 2.42. The molecule has 2 heteroatoms. The van der Waals surface area contributed by atoms with Crippen LogP contribution in [0.3, 0.4) is 0 Å². The van der Waals surface area contributed by atoms with Crippen molar-refractivity contribution in [2.45, 2.75) is 25.3 Å². The number of hydrogen-bond acceptors (Lipinski definition) is 2. The molecule has 12 heavy (non-hydrogen) atoms. The van der Waals surface area contributed by atoms with Crippen molar-refractivity contribution >= 4 is 0 Å². The second-order valence-corrected chi connectivity index (χ2v) is 3.57. The lowest BCUT2D eigenvalue weighted by Gasteiger charge is -2.03. The number of rotatable bonds is 1. The molecule has 64 valence electrons. The normalized spacial score (nSPS) is 27.2. The zero-order valence-corrected chi connectivity index (χ0v) is 7.12. The van der Waals surface area contributed by atoms with Gasteiger partial charge in [0.15, 0.2) is 0 Å². The van der Waals surface area contributed by atoms with Gasteiger partial charge in [0, 0.05) is 12.0 Å². The Morgan fingerprint density at radius 1 is 1.50 bits per heavy atom. The van der Waals surface area contributed by atoms with E-state index < -0.39 is 0 Å². The molecule has 0 bridgehead atoms. The molecule has 1 fully saturated rings. The summed E-state index contributed by atoms with van der Waals surface area (Å²) in [6.07, 6.45) is 1.01. The maximum absolute atomic E-state index is 9.51. The van der Waals surface area contributed by atoms with E-state index in [2.05, 4.69) is 0 Å². The van der Waals surface area contributed by atoms with Crippen molar-refractivity contribution in [1.29, 1.82) is 0 Å². The second kappa shape index (κ2) is 2.49. The van der Waals surface area contributed by atoms with Gasteiger partial charge in [-0.1, -0.05) is 17.7 Å². The standard InChI is InChI=1S/C10H13NO/c1-6-2-3-10(12)8(4-6)7-5-9(7)11/h2-4,7,9,12H,5,11H2,1H3/t7-,9+/m0/s1. The van der Waals surface area contributed by atoms with Crippen LogP contribution in [0.2, 0.25) is 0 Å². The van der Waals surface area contributed by atoms with Crippen LogP contribution in [0.4, 0.5) is 0 Å². The minimum absolute atomic E-state index is 0.262. The smallest absolute Gasteiger partial charge is 0.119 e. The molecule has 0 spiro atoms. The van der Waals surface area contributed by atoms with Crippen molar-refractivity contribution in [3.05, 3.63) is 29.3 Å². The van der Waals surface area contributed by atoms with Crippen LogP contribution in [0.15, 0.2) is 18.2 Å². The van der Waals surface area contributed by atoms with Crippen LogP contribution < -0.4 is 5.73 Å². The summed E-state index contributed by atoms with van der Waals surface area (Å²) in [6.45, 7) is 2.02. The molecule has 1 saturated carbocycles. The summed E-state index contributed by atoms with van der Waals surface area (Å²) >= 11 is 0. The molecule has 0 aliphatic heterocycles. The van der Waals surface area contributed by atoms with E-state index in [1.807, 2.05) is 19.1 Å². The van der Waals surface area contributed by atoms with Gasteiger partial charge in [0.05, 0.1) is 0 Å². The Labute approximate surface area is 72.0 Å². The van der Waals surface area contributed by atoms with E-state index in [1.54, 1.807) is 6.07 Å². The van der Waals surface area contributed by atoms with Crippen molar-refractivity contribution in [3.8, 4) is 5.75 Å². The molecule has 0 radical (unpaired) electrons. The van der Waals surface area contributed by atoms with E-state index in [4.69, 9.17) is 5.73 Å². The first-order chi connectivity index (χ1) is 5.68. The Hall–Kier alpha value is -1.02. The second-order valence-electron chi connectivity index (χ2n) is 3.57. The lowest BCUT2D eigenvalue weighted by atomic mass is 10.1. The minimum atomic E-state index is 0.262. The van der Waals surface area contributed by atoms with Crippen LogP contribution in [0, 0.1) is 6.92 Å². The van der Waals surface area contributed by atoms with Crippen LogP contribution in [0.25, 0.3) is 0 Å². The molecular weight excluding hydrogens is 150 g/mol. The average molecular weight is 163 g/mol. The summed E-state index contributed by atoms with van der Waals surface area (Å²) in [5, 5.41) is 9.51. The SMILES string of the molecule is Cc1ccc(O)c([C@@H]2C[C@H]2N)c1. The Morgan fingerprint density at radius 2 is 2.17 bits per heavy atom. The predicted octanol–water partition coefficient (Wildman–Crippen LogP) is 1.52. The predicted molar refractivity (Wildman–Crippen MR) is 48.2 cm³/mol. The van der Waals surface area contributed by atoms with Gasteiger partial charge in [0.25, 0.3) is 0 Å². The molecule has 0 aromatic heterocycles. The fourth-order valence-electron chi connectivity index (χ4n) is 1.54. The van der Waals surface area contributed by atoms with Gasteiger partial charge in [-0.2, -0.15) is 0 Å². The highest BCUT2D eigenvalue weighted by atomic mass is 16.3. The van der Waals surface area contributed by atoms with Gasteiger partial charge in [-0.05, 0) is 25.0 Å². The number of phenols is 1. The van der Waals surface area contributed by atoms with Crippen molar-refractivity contribution in [2.75, 3.05) is 0 Å². The van der Waals surface area contributed by atoms with Gasteiger partial charge < -0.3 is 10.8 Å². The number of nitrogens with two attached hydrogens (primary N) is 1. The molecule has 0 heterocycles. The summed E-state index contributed by atoms with van der Waals surface area (Å²) in [5.41, 5.74) is 7.90. The Bertz CT molecular complexity index is 309. The highest BCUT2D eigenvalue weighted by Gasteiger charge is 2.36. The maximum Gasteiger partial charge on any atom is 0.119 e. The van der Waals surface area contributed by atoms with Crippen molar-refractivity contribution in [3.63, 3.8) is 0 Å². The molecule has 1 aromatic carbocycles. The van der Waals surface area contributed by atoms with Crippen molar-refractivity contribution in [2.24, 2.45) is 5.73 Å². The van der Waals surface area contributed by atoms with Gasteiger partial charge in [-0.3, -0.25) is 0 Å². The van der Waals surface area contributed by atoms with Crippen LogP contribution >= 0.6 is 0 Å². The molecule has 2 nitrogen and oxygen atoms in total. The number of benzene rings is 1. The van der Waals surface area contributed by atoms with Crippen LogP contribution in [-0.4, -0.2) is 11.1 Å². The molecule has 1 aliphatic carbocycles. The van der Waals surface area contributed by atoms with E-state index in [9.17, 15) is 5.11 Å². The van der Waals surface area contributed by atoms with Gasteiger partial charge >= 0.3 is 0 Å². The van der Waals surface area contributed by atoms with E-state index in [-0.39, 0.29) is 6.04 Å². The van der Waals surface area contributed by atoms with E-state index in [0.717, 1.165) is 12.0 Å². The third-order valence-electron chi connectivity index (χ3n) is 2.42. The van der Waals surface area contributed by atoms with Gasteiger partial charge in [0.2, 0.25) is 0 Å². The Kier molecular flexibility index (Phi) is 1.58. The first kappa shape index (κ1) is 7.62. The van der Waals surface area contributed by atoms with Crippen LogP contribution in [0.1, 0.15) is 23.5 Å². The van der Waals surface area contributed by atoms with Gasteiger partial charge in [-0.25, -0.2) is 0 Å². The van der Waals surface area contributed by atoms with Crippen molar-refractivity contribution in [1.82, 2.24) is 0 Å². The summed E-state index contributed by atoms with van der Waals surface area (Å²) in [4.78, 5) is 0. The molecule has 2 rings (SSSR count). The average Bonchev–Trinajstić information content (AvgIpc) is 2.73. The molecular formula is C10H13NO. The maximum atomic E-state index is 9.51. The Morgan fingerprint density at radius 3 is 2.75 bits per heavy atom. The number of phenolic OH excluding ortho intramolecular Hbond substituents is 1. The summed E-state index contributed by atoms with van der Waals surface area (Å²) in [5.74, 6) is 0.781. The zero-order valence-electron chi connectivity index (χ0n) is 7.12. The summed E-state index contributed by atoms with van der Waals surface area (Å²) in [6, 6.07) is 5.94. The molecule has 0 saturated heterocycles. The molecule has 1 aromatic rings. The lowest BCUT2D eigenvalue weighted by molar-refractivity contribution is 0.468. The largest absolute Gasteiger partial charge is 0.508 e. The van der Waals surface area contributed by atoms with E-state index in [0.29, 0.717) is 11.7 Å². The number of aryl methyl sites for hydroxylation is 1. The van der Waals surface area contributed by atoms with Gasteiger partial charge in [-0.15, -0.1) is 0 Å². The molecule has 2 atom stereocenters. The molecule has 0 amide bonds. The highest BCUT2D eigenvalue weighted by molar-refractivity contribution is 5.42. The summed E-state index contributed by atoms with van der Waals surface area (Å²) < 4.78 is 0. The number of hydrogen-bond donors (Lipinski definition) is 2. The molecule has 3 N–H and O–H groups in total. The fraction of sp³-hybridized carbons (Fsp3) is 0.400. The molecule has 0 unspecified atom stereocenters. The fourth-order valence-corrected chi connectivity index (χ4v) is 1.54. The lowest BCUT2D eigenvalue weighted by Crippen LogP contribution is -2.01. The van der Waals surface area contributed by atoms with Crippen LogP contribution in [-0.2, 0) is 0 Å². The first-order valence-electron chi connectivity index (χ1n) is 4.23. The number of aromatic hydroxyl groups is 1. The summed E-state index contributed by atoms with van der Waals surface area (Å²) in [7, 11) is 0. The Balaban J connectivity index is 2.36. The van der Waals surface area contributed by atoms with Crippen molar-refractivity contribution < 1.29 is 5.11 Å². The monoisotopic (exact) mass is 163 g/mol. The van der Waals surface area contributed by atoms with E-state index >= 15 is 0 Å². The first-order valence-corrected chi connectivity index (χ1v) is 4.23. The molecule has 1 aliphatic rings. The third kappa shape index (κ3) is 1.18. The minimum Gasteiger partial charge on any atom is -0.508 e. The van der Waals surface area contributed by atoms with E-state index in [1.165, 1.54) is 5.56 Å². The van der Waals surface area contributed by atoms with Crippen LogP contribution in [0.5, 0.6) is 5.75 Å². The highest BCUT2D eigenvalue weighted by Crippen LogP contribution is 2.43. The quantitative estimate of drug-likeness (QED) is 0.659.